The molecule has 0 aromatic carbocycles. The van der Waals surface area contributed by atoms with Crippen LogP contribution < -0.4 is 0 Å². The third-order valence-corrected chi connectivity index (χ3v) is 4.68. The maximum absolute atomic E-state index is 11.2. The third-order valence-electron chi connectivity index (χ3n) is 2.36. The van der Waals surface area contributed by atoms with Gasteiger partial charge >= 0.3 is 0 Å². The summed E-state index contributed by atoms with van der Waals surface area (Å²) in [6.45, 7) is 8.12. The van der Waals surface area contributed by atoms with Crippen molar-refractivity contribution in [3.8, 4) is 0 Å². The van der Waals surface area contributed by atoms with Crippen LogP contribution in [0.4, 0.5) is 0 Å². The fraction of sp³-hybridized carbons (Fsp3) is 0.538. The Morgan fingerprint density at radius 1 is 1.59 bits per heavy atom. The largest absolute Gasteiger partial charge is 0.302 e. The number of aldehydes is 1. The van der Waals surface area contributed by atoms with Gasteiger partial charge in [-0.05, 0) is 40.5 Å². The van der Waals surface area contributed by atoms with Crippen molar-refractivity contribution in [1.82, 2.24) is 4.98 Å². The van der Waals surface area contributed by atoms with Gasteiger partial charge in [0.05, 0.1) is 4.75 Å². The first-order valence-electron chi connectivity index (χ1n) is 5.66. The zero-order chi connectivity index (χ0) is 12.9. The lowest BCUT2D eigenvalue weighted by molar-refractivity contribution is -0.109. The van der Waals surface area contributed by atoms with Crippen LogP contribution in [0.2, 0.25) is 0 Å². The van der Waals surface area contributed by atoms with E-state index in [2.05, 4.69) is 24.9 Å². The van der Waals surface area contributed by atoms with E-state index in [0.717, 1.165) is 29.2 Å². The Kier molecular flexibility index (Phi) is 5.40. The number of thiazole rings is 1. The predicted octanol–water partition coefficient (Wildman–Crippen LogP) is 4.25. The maximum Gasteiger partial charge on any atom is 0.151 e. The Balaban J connectivity index is 2.62. The number of hydrogen-bond donors (Lipinski definition) is 0. The summed E-state index contributed by atoms with van der Waals surface area (Å²) in [6.07, 6.45) is 5.02. The van der Waals surface area contributed by atoms with Crippen molar-refractivity contribution in [2.75, 3.05) is 0 Å². The molecule has 17 heavy (non-hydrogen) atoms. The Labute approximate surface area is 112 Å². The second-order valence-electron chi connectivity index (χ2n) is 4.61. The number of hydrogen-bond acceptors (Lipinski definition) is 4. The van der Waals surface area contributed by atoms with Gasteiger partial charge in [0.15, 0.2) is 4.34 Å². The molecule has 0 N–H and O–H groups in total. The highest BCUT2D eigenvalue weighted by atomic mass is 32.2. The molecule has 0 aliphatic heterocycles. The van der Waals surface area contributed by atoms with Crippen LogP contribution in [0.15, 0.2) is 21.4 Å². The average molecular weight is 269 g/mol. The number of carbonyl (C=O) groups excluding carboxylic acids is 1. The van der Waals surface area contributed by atoms with E-state index in [1.54, 1.807) is 23.1 Å². The van der Waals surface area contributed by atoms with Gasteiger partial charge in [0.25, 0.3) is 0 Å². The minimum Gasteiger partial charge on any atom is -0.302 e. The number of rotatable bonds is 6. The van der Waals surface area contributed by atoms with E-state index in [1.807, 2.05) is 19.2 Å². The Hall–Kier alpha value is -0.610. The number of carbonyl (C=O) groups is 1. The van der Waals surface area contributed by atoms with Crippen molar-refractivity contribution in [1.29, 1.82) is 0 Å². The van der Waals surface area contributed by atoms with Crippen LogP contribution in [0.25, 0.3) is 0 Å². The van der Waals surface area contributed by atoms with Crippen LogP contribution in [0.3, 0.4) is 0 Å². The Morgan fingerprint density at radius 3 is 2.76 bits per heavy atom. The van der Waals surface area contributed by atoms with E-state index in [-0.39, 0.29) is 4.75 Å². The highest BCUT2D eigenvalue weighted by molar-refractivity contribution is 8.02. The summed E-state index contributed by atoms with van der Waals surface area (Å²) in [5, 5.41) is 2.02. The van der Waals surface area contributed by atoms with Gasteiger partial charge in [-0.1, -0.05) is 23.4 Å². The average Bonchev–Trinajstić information content (AvgIpc) is 2.63. The SMILES string of the molecule is CC(C)=CCCC(C)(C=O)Sc1nc(C)cs1. The fourth-order valence-electron chi connectivity index (χ4n) is 1.36. The molecule has 1 atom stereocenters. The van der Waals surface area contributed by atoms with Crippen molar-refractivity contribution in [3.63, 3.8) is 0 Å². The van der Waals surface area contributed by atoms with Crippen LogP contribution in [-0.4, -0.2) is 16.0 Å². The van der Waals surface area contributed by atoms with E-state index in [0.29, 0.717) is 0 Å². The highest BCUT2D eigenvalue weighted by Crippen LogP contribution is 2.36. The molecule has 0 radical (unpaired) electrons. The Bertz CT molecular complexity index is 407. The molecule has 4 heteroatoms. The monoisotopic (exact) mass is 269 g/mol. The summed E-state index contributed by atoms with van der Waals surface area (Å²) in [6, 6.07) is 0. The standard InChI is InChI=1S/C13H19NOS2/c1-10(2)6-5-7-13(4,9-15)17-12-14-11(3)8-16-12/h6,8-9H,5,7H2,1-4H3. The quantitative estimate of drug-likeness (QED) is 0.439. The molecule has 0 amide bonds. The lowest BCUT2D eigenvalue weighted by Gasteiger charge is -2.20. The first kappa shape index (κ1) is 14.5. The van der Waals surface area contributed by atoms with Crippen molar-refractivity contribution in [2.45, 2.75) is 49.6 Å². The smallest absolute Gasteiger partial charge is 0.151 e. The van der Waals surface area contributed by atoms with Crippen LogP contribution in [0.1, 0.15) is 39.3 Å². The topological polar surface area (TPSA) is 30.0 Å². The van der Waals surface area contributed by atoms with Crippen LogP contribution in [0, 0.1) is 6.92 Å². The van der Waals surface area contributed by atoms with Gasteiger partial charge in [0.2, 0.25) is 0 Å². The number of allylic oxidation sites excluding steroid dienone is 2. The van der Waals surface area contributed by atoms with Gasteiger partial charge in [-0.3, -0.25) is 0 Å². The van der Waals surface area contributed by atoms with Crippen LogP contribution >= 0.6 is 23.1 Å². The van der Waals surface area contributed by atoms with Gasteiger partial charge in [-0.25, -0.2) is 4.98 Å². The molecule has 0 bridgehead atoms. The van der Waals surface area contributed by atoms with E-state index in [1.165, 1.54) is 5.57 Å². The second-order valence-corrected chi connectivity index (χ2v) is 7.25. The van der Waals surface area contributed by atoms with Crippen LogP contribution in [-0.2, 0) is 4.79 Å². The van der Waals surface area contributed by atoms with E-state index in [4.69, 9.17) is 0 Å². The molecule has 1 heterocycles. The summed E-state index contributed by atoms with van der Waals surface area (Å²) in [5.41, 5.74) is 2.32. The van der Waals surface area contributed by atoms with Gasteiger partial charge in [0.1, 0.15) is 6.29 Å². The molecule has 1 unspecified atom stereocenters. The van der Waals surface area contributed by atoms with Crippen LogP contribution in [0.5, 0.6) is 0 Å². The number of aryl methyl sites for hydroxylation is 1. The molecule has 0 aliphatic rings. The van der Waals surface area contributed by atoms with Gasteiger partial charge in [-0.15, -0.1) is 11.3 Å². The van der Waals surface area contributed by atoms with Crippen molar-refractivity contribution < 1.29 is 4.79 Å². The zero-order valence-electron chi connectivity index (χ0n) is 10.8. The number of nitrogens with zero attached hydrogens (tertiary/aromatic N) is 1. The van der Waals surface area contributed by atoms with Gasteiger partial charge < -0.3 is 4.79 Å². The molecule has 94 valence electrons. The summed E-state index contributed by atoms with van der Waals surface area (Å²) in [5.74, 6) is 0. The highest BCUT2D eigenvalue weighted by Gasteiger charge is 2.25. The van der Waals surface area contributed by atoms with E-state index in [9.17, 15) is 4.79 Å². The zero-order valence-corrected chi connectivity index (χ0v) is 12.5. The summed E-state index contributed by atoms with van der Waals surface area (Å²) >= 11 is 3.18. The van der Waals surface area contributed by atoms with E-state index >= 15 is 0 Å². The van der Waals surface area contributed by atoms with Crippen molar-refractivity contribution >= 4 is 29.4 Å². The normalized spacial score (nSPS) is 14.1. The molecule has 0 saturated carbocycles. The van der Waals surface area contributed by atoms with Crippen molar-refractivity contribution in [3.05, 3.63) is 22.7 Å². The molecule has 2 nitrogen and oxygen atoms in total. The lowest BCUT2D eigenvalue weighted by atomic mass is 10.1. The summed E-state index contributed by atoms with van der Waals surface area (Å²) in [4.78, 5) is 15.6. The summed E-state index contributed by atoms with van der Waals surface area (Å²) < 4.78 is 0.616. The van der Waals surface area contributed by atoms with E-state index < -0.39 is 0 Å². The van der Waals surface area contributed by atoms with Gasteiger partial charge in [0, 0.05) is 11.1 Å². The first-order chi connectivity index (χ1) is 7.95. The first-order valence-corrected chi connectivity index (χ1v) is 7.35. The molecule has 0 saturated heterocycles. The number of aromatic nitrogens is 1. The molecule has 1 aromatic heterocycles. The Morgan fingerprint density at radius 2 is 2.29 bits per heavy atom. The molecule has 0 spiro atoms. The maximum atomic E-state index is 11.2. The molecule has 0 aliphatic carbocycles. The lowest BCUT2D eigenvalue weighted by Crippen LogP contribution is -2.21. The van der Waals surface area contributed by atoms with Gasteiger partial charge in [-0.2, -0.15) is 0 Å². The minimum absolute atomic E-state index is 0.365. The minimum atomic E-state index is -0.365. The molecular weight excluding hydrogens is 250 g/mol. The molecule has 1 aromatic rings. The predicted molar refractivity (Wildman–Crippen MR) is 75.8 cm³/mol. The molecule has 0 fully saturated rings. The molecule has 1 rings (SSSR count). The number of thioether (sulfide) groups is 1. The second kappa shape index (κ2) is 6.36. The van der Waals surface area contributed by atoms with Crippen molar-refractivity contribution in [2.24, 2.45) is 0 Å². The fourth-order valence-corrected chi connectivity index (χ4v) is 3.65. The molecular formula is C13H19NOS2. The summed E-state index contributed by atoms with van der Waals surface area (Å²) in [7, 11) is 0. The third kappa shape index (κ3) is 5.04.